The molecule has 2 heterocycles. The van der Waals surface area contributed by atoms with Crippen LogP contribution in [-0.2, 0) is 13.6 Å². The van der Waals surface area contributed by atoms with Gasteiger partial charge in [-0.15, -0.1) is 0 Å². The Balaban J connectivity index is 1.99. The highest BCUT2D eigenvalue weighted by Crippen LogP contribution is 2.19. The number of anilines is 1. The Hall–Kier alpha value is -3.21. The third-order valence-corrected chi connectivity index (χ3v) is 3.74. The van der Waals surface area contributed by atoms with Gasteiger partial charge in [0.05, 0.1) is 12.1 Å². The van der Waals surface area contributed by atoms with Crippen LogP contribution < -0.4 is 10.5 Å². The molecule has 0 atom stereocenters. The van der Waals surface area contributed by atoms with Gasteiger partial charge < -0.3 is 9.47 Å². The van der Waals surface area contributed by atoms with Gasteiger partial charge in [-0.25, -0.2) is 0 Å². The van der Waals surface area contributed by atoms with Gasteiger partial charge in [-0.2, -0.15) is 0 Å². The first-order valence-corrected chi connectivity index (χ1v) is 7.57. The lowest BCUT2D eigenvalue weighted by atomic mass is 10.1. The van der Waals surface area contributed by atoms with Crippen LogP contribution in [0.4, 0.5) is 5.69 Å². The lowest BCUT2D eigenvalue weighted by Crippen LogP contribution is -2.31. The van der Waals surface area contributed by atoms with E-state index in [4.69, 9.17) is 0 Å². The standard InChI is InChI=1S/C19H17N3O2/c1-21-14-16(7-8-18(21)23)19(24)22(17-9-11-20-12-10-17)13-15-5-3-2-4-6-15/h2-12,14H,13H2,1H3. The fourth-order valence-electron chi connectivity index (χ4n) is 2.45. The van der Waals surface area contributed by atoms with Gasteiger partial charge in [-0.1, -0.05) is 30.3 Å². The summed E-state index contributed by atoms with van der Waals surface area (Å²) in [4.78, 5) is 30.2. The fourth-order valence-corrected chi connectivity index (χ4v) is 2.45. The summed E-state index contributed by atoms with van der Waals surface area (Å²) in [5.41, 5.74) is 2.09. The topological polar surface area (TPSA) is 55.2 Å². The predicted octanol–water partition coefficient (Wildman–Crippen LogP) is 2.63. The molecule has 0 spiro atoms. The maximum atomic E-state index is 13.0. The molecule has 0 aliphatic rings. The number of amides is 1. The zero-order valence-corrected chi connectivity index (χ0v) is 13.3. The molecule has 0 bridgehead atoms. The molecule has 0 aliphatic carbocycles. The fraction of sp³-hybridized carbons (Fsp3) is 0.105. The Morgan fingerprint density at radius 3 is 2.42 bits per heavy atom. The van der Waals surface area contributed by atoms with Crippen LogP contribution in [0.2, 0.25) is 0 Å². The minimum atomic E-state index is -0.166. The average Bonchev–Trinajstić information content (AvgIpc) is 2.63. The molecule has 0 unspecified atom stereocenters. The number of benzene rings is 1. The molecule has 5 nitrogen and oxygen atoms in total. The van der Waals surface area contributed by atoms with E-state index in [1.165, 1.54) is 10.6 Å². The van der Waals surface area contributed by atoms with Crippen molar-refractivity contribution in [2.24, 2.45) is 7.05 Å². The van der Waals surface area contributed by atoms with Gasteiger partial charge in [0.2, 0.25) is 5.56 Å². The minimum Gasteiger partial charge on any atom is -0.318 e. The summed E-state index contributed by atoms with van der Waals surface area (Å²) < 4.78 is 1.40. The van der Waals surface area contributed by atoms with Gasteiger partial charge in [0.15, 0.2) is 0 Å². The van der Waals surface area contributed by atoms with Crippen LogP contribution in [0.15, 0.2) is 78.0 Å². The number of aryl methyl sites for hydroxylation is 1. The molecule has 2 aromatic heterocycles. The summed E-state index contributed by atoms with van der Waals surface area (Å²) in [6.45, 7) is 0.437. The minimum absolute atomic E-state index is 0.148. The zero-order chi connectivity index (χ0) is 16.9. The number of carbonyl (C=O) groups is 1. The summed E-state index contributed by atoms with van der Waals surface area (Å²) in [6, 6.07) is 16.3. The Morgan fingerprint density at radius 1 is 1.04 bits per heavy atom. The number of rotatable bonds is 4. The number of aromatic nitrogens is 2. The van der Waals surface area contributed by atoms with Crippen molar-refractivity contribution in [2.45, 2.75) is 6.54 Å². The van der Waals surface area contributed by atoms with E-state index >= 15 is 0 Å². The smallest absolute Gasteiger partial charge is 0.260 e. The van der Waals surface area contributed by atoms with Crippen molar-refractivity contribution in [3.63, 3.8) is 0 Å². The second kappa shape index (κ2) is 6.91. The lowest BCUT2D eigenvalue weighted by molar-refractivity contribution is 0.0984. The molecule has 1 amide bonds. The maximum absolute atomic E-state index is 13.0. The highest BCUT2D eigenvalue weighted by atomic mass is 16.2. The van der Waals surface area contributed by atoms with Crippen molar-refractivity contribution >= 4 is 11.6 Å². The molecule has 0 saturated heterocycles. The number of hydrogen-bond donors (Lipinski definition) is 0. The molecule has 5 heteroatoms. The molecule has 0 fully saturated rings. The molecule has 0 aliphatic heterocycles. The molecular weight excluding hydrogens is 302 g/mol. The van der Waals surface area contributed by atoms with Crippen LogP contribution in [-0.4, -0.2) is 15.5 Å². The summed E-state index contributed by atoms with van der Waals surface area (Å²) in [5.74, 6) is -0.166. The largest absolute Gasteiger partial charge is 0.318 e. The lowest BCUT2D eigenvalue weighted by Gasteiger charge is -2.23. The van der Waals surface area contributed by atoms with Crippen LogP contribution in [0.5, 0.6) is 0 Å². The number of pyridine rings is 2. The van der Waals surface area contributed by atoms with Gasteiger partial charge in [-0.3, -0.25) is 14.6 Å². The Labute approximate surface area is 139 Å². The SMILES string of the molecule is Cn1cc(C(=O)N(Cc2ccccc2)c2ccncc2)ccc1=O. The normalized spacial score (nSPS) is 10.4. The van der Waals surface area contributed by atoms with E-state index in [2.05, 4.69) is 4.98 Å². The van der Waals surface area contributed by atoms with Crippen molar-refractivity contribution in [1.29, 1.82) is 0 Å². The zero-order valence-electron chi connectivity index (χ0n) is 13.3. The molecule has 3 aromatic rings. The highest BCUT2D eigenvalue weighted by Gasteiger charge is 2.18. The van der Waals surface area contributed by atoms with Gasteiger partial charge in [0.25, 0.3) is 5.91 Å². The van der Waals surface area contributed by atoms with E-state index in [1.807, 2.05) is 30.3 Å². The summed E-state index contributed by atoms with van der Waals surface area (Å²) in [6.07, 6.45) is 4.87. The van der Waals surface area contributed by atoms with Gasteiger partial charge in [-0.05, 0) is 23.8 Å². The molecule has 24 heavy (non-hydrogen) atoms. The van der Waals surface area contributed by atoms with Crippen LogP contribution in [0.3, 0.4) is 0 Å². The van der Waals surface area contributed by atoms with Crippen LogP contribution in [0.25, 0.3) is 0 Å². The second-order valence-corrected chi connectivity index (χ2v) is 5.45. The third-order valence-electron chi connectivity index (χ3n) is 3.74. The first-order chi connectivity index (χ1) is 11.6. The molecule has 120 valence electrons. The van der Waals surface area contributed by atoms with Crippen molar-refractivity contribution in [3.8, 4) is 0 Å². The first kappa shape index (κ1) is 15.7. The Bertz CT molecular complexity index is 889. The number of carbonyl (C=O) groups excluding carboxylic acids is 1. The van der Waals surface area contributed by atoms with E-state index in [9.17, 15) is 9.59 Å². The first-order valence-electron chi connectivity index (χ1n) is 7.57. The monoisotopic (exact) mass is 319 g/mol. The Morgan fingerprint density at radius 2 is 1.75 bits per heavy atom. The predicted molar refractivity (Wildman–Crippen MR) is 92.9 cm³/mol. The van der Waals surface area contributed by atoms with Crippen molar-refractivity contribution in [2.75, 3.05) is 4.90 Å². The van der Waals surface area contributed by atoms with E-state index in [-0.39, 0.29) is 11.5 Å². The molecule has 1 aromatic carbocycles. The number of nitrogens with zero attached hydrogens (tertiary/aromatic N) is 3. The second-order valence-electron chi connectivity index (χ2n) is 5.45. The molecule has 0 saturated carbocycles. The van der Waals surface area contributed by atoms with E-state index < -0.39 is 0 Å². The van der Waals surface area contributed by atoms with Gasteiger partial charge in [0.1, 0.15) is 0 Å². The third kappa shape index (κ3) is 3.41. The van der Waals surface area contributed by atoms with Gasteiger partial charge in [0, 0.05) is 37.4 Å². The van der Waals surface area contributed by atoms with E-state index in [0.29, 0.717) is 12.1 Å². The quantitative estimate of drug-likeness (QED) is 0.743. The molecule has 0 radical (unpaired) electrons. The van der Waals surface area contributed by atoms with E-state index in [1.54, 1.807) is 48.7 Å². The van der Waals surface area contributed by atoms with Crippen molar-refractivity contribution in [1.82, 2.24) is 9.55 Å². The summed E-state index contributed by atoms with van der Waals surface area (Å²) in [5, 5.41) is 0. The average molecular weight is 319 g/mol. The van der Waals surface area contributed by atoms with Gasteiger partial charge >= 0.3 is 0 Å². The van der Waals surface area contributed by atoms with Crippen LogP contribution >= 0.6 is 0 Å². The molecule has 0 N–H and O–H groups in total. The number of hydrogen-bond acceptors (Lipinski definition) is 3. The highest BCUT2D eigenvalue weighted by molar-refractivity contribution is 6.05. The van der Waals surface area contributed by atoms with Crippen molar-refractivity contribution in [3.05, 3.63) is 94.7 Å². The summed E-state index contributed by atoms with van der Waals surface area (Å²) in [7, 11) is 1.63. The maximum Gasteiger partial charge on any atom is 0.260 e. The summed E-state index contributed by atoms with van der Waals surface area (Å²) >= 11 is 0. The van der Waals surface area contributed by atoms with Crippen molar-refractivity contribution < 1.29 is 4.79 Å². The molecule has 3 rings (SSSR count). The van der Waals surface area contributed by atoms with Crippen LogP contribution in [0.1, 0.15) is 15.9 Å². The Kier molecular flexibility index (Phi) is 4.52. The van der Waals surface area contributed by atoms with Crippen LogP contribution in [0, 0.1) is 0 Å². The molecular formula is C19H17N3O2. The van der Waals surface area contributed by atoms with E-state index in [0.717, 1.165) is 11.3 Å².